The number of alkyl halides is 1. The van der Waals surface area contributed by atoms with Gasteiger partial charge in [0.1, 0.15) is 5.38 Å². The first kappa shape index (κ1) is 14.2. The van der Waals surface area contributed by atoms with Gasteiger partial charge >= 0.3 is 0 Å². The Morgan fingerprint density at radius 1 is 1.20 bits per heavy atom. The molecule has 0 aromatic heterocycles. The molecule has 1 unspecified atom stereocenters. The maximum absolute atomic E-state index is 12.3. The number of carbonyl (C=O) groups excluding carboxylic acids is 1. The molecule has 20 heavy (non-hydrogen) atoms. The summed E-state index contributed by atoms with van der Waals surface area (Å²) >= 11 is 6.18. The van der Waals surface area contributed by atoms with Crippen molar-refractivity contribution >= 4 is 23.1 Å². The van der Waals surface area contributed by atoms with Gasteiger partial charge in [-0.25, -0.2) is 0 Å². The molecule has 0 amide bonds. The summed E-state index contributed by atoms with van der Waals surface area (Å²) < 4.78 is 0. The Morgan fingerprint density at radius 2 is 1.85 bits per heavy atom. The first-order valence-corrected chi connectivity index (χ1v) is 6.42. The van der Waals surface area contributed by atoms with E-state index in [1.165, 1.54) is 18.2 Å². The number of aryl methyl sites for hydroxylation is 1. The quantitative estimate of drug-likeness (QED) is 0.369. The van der Waals surface area contributed by atoms with Crippen molar-refractivity contribution in [2.45, 2.75) is 12.3 Å². The molecule has 0 aliphatic carbocycles. The molecule has 5 heteroatoms. The van der Waals surface area contributed by atoms with E-state index in [0.29, 0.717) is 16.7 Å². The molecule has 0 N–H and O–H groups in total. The van der Waals surface area contributed by atoms with Crippen LogP contribution in [0.25, 0.3) is 0 Å². The van der Waals surface area contributed by atoms with Crippen LogP contribution in [-0.4, -0.2) is 10.7 Å². The molecule has 4 nitrogen and oxygen atoms in total. The van der Waals surface area contributed by atoms with Crippen molar-refractivity contribution in [2.75, 3.05) is 0 Å². The van der Waals surface area contributed by atoms with Crippen LogP contribution in [0.1, 0.15) is 26.9 Å². The maximum Gasteiger partial charge on any atom is 0.269 e. The number of benzene rings is 2. The van der Waals surface area contributed by atoms with Gasteiger partial charge in [0, 0.05) is 17.7 Å². The van der Waals surface area contributed by atoms with Gasteiger partial charge < -0.3 is 0 Å². The van der Waals surface area contributed by atoms with Crippen molar-refractivity contribution in [1.82, 2.24) is 0 Å². The van der Waals surface area contributed by atoms with E-state index < -0.39 is 10.3 Å². The van der Waals surface area contributed by atoms with Crippen molar-refractivity contribution in [1.29, 1.82) is 0 Å². The third kappa shape index (κ3) is 2.86. The minimum Gasteiger partial charge on any atom is -0.292 e. The first-order valence-electron chi connectivity index (χ1n) is 5.99. The van der Waals surface area contributed by atoms with Crippen LogP contribution in [0.4, 0.5) is 5.69 Å². The molecule has 0 saturated heterocycles. The Hall–Kier alpha value is -2.20. The van der Waals surface area contributed by atoms with Crippen LogP contribution in [0.2, 0.25) is 0 Å². The van der Waals surface area contributed by atoms with Crippen LogP contribution in [0, 0.1) is 17.0 Å². The van der Waals surface area contributed by atoms with Crippen LogP contribution in [0.5, 0.6) is 0 Å². The summed E-state index contributed by atoms with van der Waals surface area (Å²) in [6, 6.07) is 13.1. The highest BCUT2D eigenvalue weighted by Crippen LogP contribution is 2.27. The van der Waals surface area contributed by atoms with Crippen molar-refractivity contribution in [2.24, 2.45) is 0 Å². The number of hydrogen-bond acceptors (Lipinski definition) is 3. The van der Waals surface area contributed by atoms with Crippen LogP contribution >= 0.6 is 11.6 Å². The van der Waals surface area contributed by atoms with E-state index in [2.05, 4.69) is 0 Å². The second-order valence-electron chi connectivity index (χ2n) is 4.39. The fourth-order valence-corrected chi connectivity index (χ4v) is 2.21. The molecular weight excluding hydrogens is 278 g/mol. The van der Waals surface area contributed by atoms with Crippen molar-refractivity contribution in [3.8, 4) is 0 Å². The zero-order valence-electron chi connectivity index (χ0n) is 10.7. The first-order chi connectivity index (χ1) is 9.50. The molecule has 0 aliphatic rings. The number of non-ortho nitro benzene ring substituents is 1. The number of ketones is 1. The van der Waals surface area contributed by atoms with E-state index in [0.717, 1.165) is 0 Å². The molecule has 0 fully saturated rings. The van der Waals surface area contributed by atoms with Gasteiger partial charge in [0.2, 0.25) is 0 Å². The summed E-state index contributed by atoms with van der Waals surface area (Å²) in [5.74, 6) is -0.259. The second-order valence-corrected chi connectivity index (χ2v) is 4.83. The number of halogens is 1. The molecule has 0 aliphatic heterocycles. The van der Waals surface area contributed by atoms with Crippen molar-refractivity contribution in [3.05, 3.63) is 75.3 Å². The summed E-state index contributed by atoms with van der Waals surface area (Å²) in [6.07, 6.45) is 0. The number of nitrogens with zero attached hydrogens (tertiary/aromatic N) is 1. The lowest BCUT2D eigenvalue weighted by Crippen LogP contribution is -2.09. The molecule has 2 aromatic carbocycles. The molecule has 0 saturated carbocycles. The lowest BCUT2D eigenvalue weighted by molar-refractivity contribution is -0.384. The Morgan fingerprint density at radius 3 is 2.40 bits per heavy atom. The van der Waals surface area contributed by atoms with E-state index in [-0.39, 0.29) is 11.5 Å². The van der Waals surface area contributed by atoms with Crippen molar-refractivity contribution in [3.63, 3.8) is 0 Å². The van der Waals surface area contributed by atoms with E-state index in [9.17, 15) is 14.9 Å². The zero-order chi connectivity index (χ0) is 14.7. The minimum atomic E-state index is -0.795. The SMILES string of the molecule is Cc1cc([N+](=O)[O-])ccc1C(=O)C(Cl)c1ccccc1. The monoisotopic (exact) mass is 289 g/mol. The number of nitro groups is 1. The smallest absolute Gasteiger partial charge is 0.269 e. The van der Waals surface area contributed by atoms with Gasteiger partial charge in [-0.2, -0.15) is 0 Å². The summed E-state index contributed by atoms with van der Waals surface area (Å²) in [6.45, 7) is 1.66. The van der Waals surface area contributed by atoms with Crippen LogP contribution in [0.15, 0.2) is 48.5 Å². The van der Waals surface area contributed by atoms with Crippen molar-refractivity contribution < 1.29 is 9.72 Å². The standard InChI is InChI=1S/C15H12ClNO3/c1-10-9-12(17(19)20)7-8-13(10)15(18)14(16)11-5-3-2-4-6-11/h2-9,14H,1H3. The van der Waals surface area contributed by atoms with Gasteiger partial charge in [0.05, 0.1) is 4.92 Å². The van der Waals surface area contributed by atoms with Crippen LogP contribution in [0.3, 0.4) is 0 Å². The molecule has 2 aromatic rings. The molecule has 2 rings (SSSR count). The number of nitro benzene ring substituents is 1. The third-order valence-corrected chi connectivity index (χ3v) is 3.46. The number of rotatable bonds is 4. The van der Waals surface area contributed by atoms with Gasteiger partial charge in [-0.1, -0.05) is 30.3 Å². The average Bonchev–Trinajstić information content (AvgIpc) is 2.46. The third-order valence-electron chi connectivity index (χ3n) is 3.01. The number of Topliss-reactive ketones (excluding diaryl/α,β-unsaturated/α-hetero) is 1. The van der Waals surface area contributed by atoms with E-state index >= 15 is 0 Å². The van der Waals surface area contributed by atoms with Gasteiger partial charge in [0.25, 0.3) is 5.69 Å². The largest absolute Gasteiger partial charge is 0.292 e. The molecule has 1 atom stereocenters. The van der Waals surface area contributed by atoms with Gasteiger partial charge in [-0.15, -0.1) is 11.6 Å². The zero-order valence-corrected chi connectivity index (χ0v) is 11.5. The van der Waals surface area contributed by atoms with Crippen LogP contribution in [-0.2, 0) is 0 Å². The second kappa shape index (κ2) is 5.84. The highest BCUT2D eigenvalue weighted by Gasteiger charge is 2.22. The molecule has 0 heterocycles. The lowest BCUT2D eigenvalue weighted by Gasteiger charge is -2.10. The molecule has 0 radical (unpaired) electrons. The highest BCUT2D eigenvalue weighted by atomic mass is 35.5. The van der Waals surface area contributed by atoms with Crippen LogP contribution < -0.4 is 0 Å². The number of hydrogen-bond donors (Lipinski definition) is 0. The lowest BCUT2D eigenvalue weighted by atomic mass is 9.98. The van der Waals surface area contributed by atoms with E-state index in [1.807, 2.05) is 6.07 Å². The molecule has 102 valence electrons. The Balaban J connectivity index is 2.32. The van der Waals surface area contributed by atoms with Gasteiger partial charge in [-0.05, 0) is 24.1 Å². The van der Waals surface area contributed by atoms with Gasteiger partial charge in [-0.3, -0.25) is 14.9 Å². The molecule has 0 bridgehead atoms. The van der Waals surface area contributed by atoms with Gasteiger partial charge in [0.15, 0.2) is 5.78 Å². The topological polar surface area (TPSA) is 60.2 Å². The Kier molecular flexibility index (Phi) is 4.15. The molecule has 0 spiro atoms. The summed E-state index contributed by atoms with van der Waals surface area (Å²) in [5, 5.41) is 9.89. The molecular formula is C15H12ClNO3. The average molecular weight is 290 g/mol. The predicted octanol–water partition coefficient (Wildman–Crippen LogP) is 4.07. The fourth-order valence-electron chi connectivity index (χ4n) is 1.95. The van der Waals surface area contributed by atoms with E-state index in [1.54, 1.807) is 31.2 Å². The van der Waals surface area contributed by atoms with E-state index in [4.69, 9.17) is 11.6 Å². The maximum atomic E-state index is 12.3. The highest BCUT2D eigenvalue weighted by molar-refractivity contribution is 6.34. The normalized spacial score (nSPS) is 11.9. The Bertz CT molecular complexity index is 655. The Labute approximate surface area is 121 Å². The summed E-state index contributed by atoms with van der Waals surface area (Å²) in [7, 11) is 0. The predicted molar refractivity (Wildman–Crippen MR) is 77.2 cm³/mol. The summed E-state index contributed by atoms with van der Waals surface area (Å²) in [5.41, 5.74) is 1.62. The summed E-state index contributed by atoms with van der Waals surface area (Å²) in [4.78, 5) is 22.5. The number of carbonyl (C=O) groups is 1. The fraction of sp³-hybridized carbons (Fsp3) is 0.133. The minimum absolute atomic E-state index is 0.0371.